The van der Waals surface area contributed by atoms with Crippen molar-refractivity contribution in [2.45, 2.75) is 64.8 Å². The van der Waals surface area contributed by atoms with E-state index in [0.29, 0.717) is 31.6 Å². The van der Waals surface area contributed by atoms with Crippen molar-refractivity contribution in [2.75, 3.05) is 13.2 Å². The summed E-state index contributed by atoms with van der Waals surface area (Å²) in [6.45, 7) is 13.5. The Morgan fingerprint density at radius 1 is 1.29 bits per heavy atom. The minimum atomic E-state index is -1.83. The predicted octanol–water partition coefficient (Wildman–Crippen LogP) is 4.18. The molecule has 1 aromatic carbocycles. The number of esters is 1. The van der Waals surface area contributed by atoms with E-state index in [0.717, 1.165) is 5.56 Å². The zero-order valence-electron chi connectivity index (χ0n) is 15.9. The number of hydrogen-bond donors (Lipinski definition) is 1. The number of rotatable bonds is 8. The number of aryl methyl sites for hydroxylation is 1. The molecule has 0 saturated heterocycles. The van der Waals surface area contributed by atoms with Gasteiger partial charge in [-0.05, 0) is 55.6 Å². The van der Waals surface area contributed by atoms with Crippen molar-refractivity contribution in [1.82, 2.24) is 0 Å². The summed E-state index contributed by atoms with van der Waals surface area (Å²) < 4.78 is 11.1. The van der Waals surface area contributed by atoms with Gasteiger partial charge in [-0.25, -0.2) is 4.79 Å². The third-order valence-electron chi connectivity index (χ3n) is 4.65. The summed E-state index contributed by atoms with van der Waals surface area (Å²) in [5.41, 5.74) is 1.58. The Bertz CT molecular complexity index is 534. The highest BCUT2D eigenvalue weighted by Gasteiger charge is 2.37. The van der Waals surface area contributed by atoms with Gasteiger partial charge >= 0.3 is 5.97 Å². The predicted molar refractivity (Wildman–Crippen MR) is 99.9 cm³/mol. The van der Waals surface area contributed by atoms with E-state index in [1.807, 2.05) is 18.2 Å². The molecule has 0 amide bonds. The van der Waals surface area contributed by atoms with Crippen molar-refractivity contribution in [1.29, 1.82) is 0 Å². The fourth-order valence-corrected chi connectivity index (χ4v) is 3.05. The molecule has 0 aliphatic rings. The van der Waals surface area contributed by atoms with Crippen LogP contribution >= 0.6 is 0 Å². The Kier molecular flexibility index (Phi) is 7.64. The molecule has 0 radical (unpaired) electrons. The standard InChI is InChI=1S/C19H32O4Si/c1-7-22-18(21)16-10-8-9-15(13-16)11-12-17(20)14-23-24(5,6)19(2,3)4/h8-10,13,17,20H,7,11-12,14H2,1-6H3. The third-order valence-corrected chi connectivity index (χ3v) is 9.15. The monoisotopic (exact) mass is 352 g/mol. The SMILES string of the molecule is CCOC(=O)c1cccc(CCC(O)CO[Si](C)(C)C(C)(C)C)c1. The molecule has 0 aliphatic heterocycles. The molecular formula is C19H32O4Si. The van der Waals surface area contributed by atoms with Crippen LogP contribution in [-0.2, 0) is 15.6 Å². The molecule has 0 aliphatic carbocycles. The Hall–Kier alpha value is -1.17. The van der Waals surface area contributed by atoms with Crippen LogP contribution < -0.4 is 0 Å². The van der Waals surface area contributed by atoms with Gasteiger partial charge in [-0.1, -0.05) is 32.9 Å². The van der Waals surface area contributed by atoms with Crippen LogP contribution in [0.2, 0.25) is 18.1 Å². The van der Waals surface area contributed by atoms with Gasteiger partial charge in [-0.3, -0.25) is 0 Å². The first-order chi connectivity index (χ1) is 11.1. The van der Waals surface area contributed by atoms with Gasteiger partial charge in [0.25, 0.3) is 0 Å². The molecule has 1 rings (SSSR count). The highest BCUT2D eigenvalue weighted by atomic mass is 28.4. The normalized spacial score (nSPS) is 13.6. The third kappa shape index (κ3) is 6.38. The molecule has 1 unspecified atom stereocenters. The highest BCUT2D eigenvalue weighted by Crippen LogP contribution is 2.36. The van der Waals surface area contributed by atoms with Crippen LogP contribution in [0, 0.1) is 0 Å². The highest BCUT2D eigenvalue weighted by molar-refractivity contribution is 6.74. The summed E-state index contributed by atoms with van der Waals surface area (Å²) in [5.74, 6) is -0.304. The van der Waals surface area contributed by atoms with Crippen LogP contribution in [0.25, 0.3) is 0 Å². The summed E-state index contributed by atoms with van der Waals surface area (Å²) in [6, 6.07) is 7.39. The quantitative estimate of drug-likeness (QED) is 0.563. The number of benzene rings is 1. The number of hydrogen-bond acceptors (Lipinski definition) is 4. The largest absolute Gasteiger partial charge is 0.462 e. The van der Waals surface area contributed by atoms with Crippen molar-refractivity contribution >= 4 is 14.3 Å². The minimum absolute atomic E-state index is 0.140. The second kappa shape index (κ2) is 8.79. The first-order valence-corrected chi connectivity index (χ1v) is 11.6. The lowest BCUT2D eigenvalue weighted by Gasteiger charge is -2.36. The summed E-state index contributed by atoms with van der Waals surface area (Å²) >= 11 is 0. The van der Waals surface area contributed by atoms with E-state index in [2.05, 4.69) is 33.9 Å². The van der Waals surface area contributed by atoms with E-state index < -0.39 is 14.4 Å². The number of aliphatic hydroxyl groups is 1. The first kappa shape index (κ1) is 20.9. The summed E-state index contributed by atoms with van der Waals surface area (Å²) in [5, 5.41) is 10.3. The lowest BCUT2D eigenvalue weighted by Crippen LogP contribution is -2.42. The van der Waals surface area contributed by atoms with Crippen molar-refractivity contribution in [3.63, 3.8) is 0 Å². The van der Waals surface area contributed by atoms with Gasteiger partial charge in [0.15, 0.2) is 8.32 Å². The van der Waals surface area contributed by atoms with Gasteiger partial charge < -0.3 is 14.3 Å². The molecule has 136 valence electrons. The van der Waals surface area contributed by atoms with Gasteiger partial charge in [0, 0.05) is 0 Å². The van der Waals surface area contributed by atoms with Crippen molar-refractivity contribution in [3.8, 4) is 0 Å². The Morgan fingerprint density at radius 2 is 1.96 bits per heavy atom. The van der Waals surface area contributed by atoms with Gasteiger partial charge in [-0.2, -0.15) is 0 Å². The first-order valence-electron chi connectivity index (χ1n) is 8.65. The molecule has 0 aromatic heterocycles. The average molecular weight is 353 g/mol. The Balaban J connectivity index is 2.52. The van der Waals surface area contributed by atoms with Crippen LogP contribution in [0.3, 0.4) is 0 Å². The van der Waals surface area contributed by atoms with Gasteiger partial charge in [0.05, 0.1) is 24.9 Å². The molecule has 5 heteroatoms. The maximum Gasteiger partial charge on any atom is 0.338 e. The topological polar surface area (TPSA) is 55.8 Å². The summed E-state index contributed by atoms with van der Waals surface area (Å²) in [4.78, 5) is 11.8. The Morgan fingerprint density at radius 3 is 2.54 bits per heavy atom. The van der Waals surface area contributed by atoms with E-state index in [-0.39, 0.29) is 11.0 Å². The van der Waals surface area contributed by atoms with Crippen LogP contribution in [0.4, 0.5) is 0 Å². The lowest BCUT2D eigenvalue weighted by molar-refractivity contribution is 0.0526. The fraction of sp³-hybridized carbons (Fsp3) is 0.632. The Labute approximate surface area is 147 Å². The molecule has 1 aromatic rings. The summed E-state index contributed by atoms with van der Waals surface area (Å²) in [6.07, 6.45) is 0.821. The van der Waals surface area contributed by atoms with Crippen LogP contribution in [0.15, 0.2) is 24.3 Å². The molecule has 1 N–H and O–H groups in total. The minimum Gasteiger partial charge on any atom is -0.462 e. The summed E-state index contributed by atoms with van der Waals surface area (Å²) in [7, 11) is -1.83. The molecule has 0 spiro atoms. The van der Waals surface area contributed by atoms with Gasteiger partial charge in [-0.15, -0.1) is 0 Å². The molecule has 24 heavy (non-hydrogen) atoms. The number of carbonyl (C=O) groups is 1. The average Bonchev–Trinajstić information content (AvgIpc) is 2.50. The molecule has 0 bridgehead atoms. The van der Waals surface area contributed by atoms with E-state index in [1.165, 1.54) is 0 Å². The zero-order chi connectivity index (χ0) is 18.4. The van der Waals surface area contributed by atoms with E-state index in [1.54, 1.807) is 13.0 Å². The molecule has 0 heterocycles. The van der Waals surface area contributed by atoms with Gasteiger partial charge in [0.1, 0.15) is 0 Å². The second-order valence-electron chi connectivity index (χ2n) is 7.68. The van der Waals surface area contributed by atoms with Crippen LogP contribution in [0.5, 0.6) is 0 Å². The molecule has 1 atom stereocenters. The van der Waals surface area contributed by atoms with Gasteiger partial charge in [0.2, 0.25) is 0 Å². The maximum atomic E-state index is 11.8. The van der Waals surface area contributed by atoms with Crippen molar-refractivity contribution < 1.29 is 19.1 Å². The number of carbonyl (C=O) groups excluding carboxylic acids is 1. The fourth-order valence-electron chi connectivity index (χ4n) is 2.01. The second-order valence-corrected chi connectivity index (χ2v) is 12.5. The number of aliphatic hydroxyl groups excluding tert-OH is 1. The molecular weight excluding hydrogens is 320 g/mol. The molecule has 0 fully saturated rings. The van der Waals surface area contributed by atoms with E-state index in [9.17, 15) is 9.90 Å². The molecule has 0 saturated carbocycles. The lowest BCUT2D eigenvalue weighted by atomic mass is 10.0. The smallest absolute Gasteiger partial charge is 0.338 e. The zero-order valence-corrected chi connectivity index (χ0v) is 16.9. The van der Waals surface area contributed by atoms with Crippen LogP contribution in [-0.4, -0.2) is 38.7 Å². The van der Waals surface area contributed by atoms with Crippen molar-refractivity contribution in [3.05, 3.63) is 35.4 Å². The van der Waals surface area contributed by atoms with Crippen molar-refractivity contribution in [2.24, 2.45) is 0 Å². The number of ether oxygens (including phenoxy) is 1. The van der Waals surface area contributed by atoms with E-state index in [4.69, 9.17) is 9.16 Å². The maximum absolute atomic E-state index is 11.8. The van der Waals surface area contributed by atoms with E-state index >= 15 is 0 Å². The van der Waals surface area contributed by atoms with Crippen LogP contribution in [0.1, 0.15) is 50.0 Å². The molecule has 4 nitrogen and oxygen atoms in total.